The van der Waals surface area contributed by atoms with Crippen LogP contribution in [-0.2, 0) is 32.6 Å². The van der Waals surface area contributed by atoms with E-state index >= 15 is 0 Å². The van der Waals surface area contributed by atoms with Crippen LogP contribution in [0.25, 0.3) is 0 Å². The van der Waals surface area contributed by atoms with Crippen LogP contribution in [0, 0.1) is 12.7 Å². The Hall–Kier alpha value is -3.72. The fourth-order valence-electron chi connectivity index (χ4n) is 4.33. The second kappa shape index (κ2) is 13.2. The molecule has 202 valence electrons. The van der Waals surface area contributed by atoms with E-state index in [2.05, 4.69) is 5.32 Å². The number of nitrogens with one attached hydrogen (secondary N) is 1. The van der Waals surface area contributed by atoms with Crippen LogP contribution < -0.4 is 9.62 Å². The van der Waals surface area contributed by atoms with Gasteiger partial charge in [0.05, 0.1) is 11.9 Å². The van der Waals surface area contributed by atoms with Crippen molar-refractivity contribution in [3.63, 3.8) is 0 Å². The highest BCUT2D eigenvalue weighted by Gasteiger charge is 2.30. The third-order valence-corrected chi connectivity index (χ3v) is 7.50. The molecule has 0 radical (unpaired) electrons. The summed E-state index contributed by atoms with van der Waals surface area (Å²) in [5.74, 6) is -1.00. The van der Waals surface area contributed by atoms with Crippen molar-refractivity contribution in [3.8, 4) is 0 Å². The molecule has 3 aromatic carbocycles. The summed E-state index contributed by atoms with van der Waals surface area (Å²) in [6.45, 7) is 2.06. The van der Waals surface area contributed by atoms with Gasteiger partial charge in [0.2, 0.25) is 21.8 Å². The molecule has 2 amide bonds. The van der Waals surface area contributed by atoms with Crippen LogP contribution in [0.1, 0.15) is 29.5 Å². The summed E-state index contributed by atoms with van der Waals surface area (Å²) >= 11 is 0. The summed E-state index contributed by atoms with van der Waals surface area (Å²) in [6, 6.07) is 21.6. The number of carbonyl (C=O) groups excluding carboxylic acids is 2. The third kappa shape index (κ3) is 7.89. The van der Waals surface area contributed by atoms with E-state index < -0.39 is 21.9 Å². The van der Waals surface area contributed by atoms with Crippen molar-refractivity contribution in [2.24, 2.45) is 0 Å². The molecule has 0 aliphatic rings. The first kappa shape index (κ1) is 28.8. The Labute approximate surface area is 224 Å². The van der Waals surface area contributed by atoms with E-state index in [1.165, 1.54) is 28.4 Å². The van der Waals surface area contributed by atoms with Crippen LogP contribution in [0.4, 0.5) is 10.1 Å². The first-order chi connectivity index (χ1) is 18.1. The van der Waals surface area contributed by atoms with E-state index in [0.717, 1.165) is 17.4 Å². The minimum atomic E-state index is -3.58. The van der Waals surface area contributed by atoms with E-state index in [1.54, 1.807) is 24.3 Å². The van der Waals surface area contributed by atoms with Crippen molar-refractivity contribution in [3.05, 3.63) is 101 Å². The Morgan fingerprint density at radius 2 is 1.55 bits per heavy atom. The summed E-state index contributed by atoms with van der Waals surface area (Å²) in [5.41, 5.74) is 2.95. The fourth-order valence-corrected chi connectivity index (χ4v) is 5.36. The molecule has 1 N–H and O–H groups in total. The predicted octanol–water partition coefficient (Wildman–Crippen LogP) is 4.07. The molecule has 1 atom stereocenters. The molecule has 0 bridgehead atoms. The number of hydrogen-bond donors (Lipinski definition) is 1. The monoisotopic (exact) mass is 539 g/mol. The average molecular weight is 540 g/mol. The maximum absolute atomic E-state index is 13.6. The molecule has 0 heterocycles. The first-order valence-electron chi connectivity index (χ1n) is 12.4. The number of aryl methyl sites for hydroxylation is 1. The number of benzene rings is 3. The van der Waals surface area contributed by atoms with Gasteiger partial charge in [0.15, 0.2) is 0 Å². The summed E-state index contributed by atoms with van der Waals surface area (Å²) in [4.78, 5) is 28.1. The van der Waals surface area contributed by atoms with Crippen LogP contribution in [0.15, 0.2) is 78.9 Å². The minimum Gasteiger partial charge on any atom is -0.357 e. The number of nitrogens with zero attached hydrogens (tertiary/aromatic N) is 2. The van der Waals surface area contributed by atoms with Gasteiger partial charge in [0, 0.05) is 33.0 Å². The smallest absolute Gasteiger partial charge is 0.242 e. The van der Waals surface area contributed by atoms with Gasteiger partial charge in [-0.2, -0.15) is 0 Å². The highest BCUT2D eigenvalue weighted by Crippen LogP contribution is 2.23. The minimum absolute atomic E-state index is 0.0291. The molecule has 0 fully saturated rings. The van der Waals surface area contributed by atoms with Crippen LogP contribution >= 0.6 is 0 Å². The summed E-state index contributed by atoms with van der Waals surface area (Å²) in [6.07, 6.45) is 1.73. The van der Waals surface area contributed by atoms with Crippen LogP contribution in [0.2, 0.25) is 0 Å². The second-order valence-corrected chi connectivity index (χ2v) is 11.1. The van der Waals surface area contributed by atoms with E-state index in [4.69, 9.17) is 0 Å². The van der Waals surface area contributed by atoms with E-state index in [1.807, 2.05) is 49.4 Å². The molecule has 0 aromatic heterocycles. The van der Waals surface area contributed by atoms with Gasteiger partial charge in [-0.25, -0.2) is 12.8 Å². The number of amides is 2. The van der Waals surface area contributed by atoms with E-state index in [-0.39, 0.29) is 37.7 Å². The van der Waals surface area contributed by atoms with Crippen molar-refractivity contribution in [1.82, 2.24) is 10.2 Å². The largest absolute Gasteiger partial charge is 0.357 e. The van der Waals surface area contributed by atoms with Crippen molar-refractivity contribution < 1.29 is 22.4 Å². The molecule has 38 heavy (non-hydrogen) atoms. The molecule has 0 unspecified atom stereocenters. The lowest BCUT2D eigenvalue weighted by Gasteiger charge is -2.31. The van der Waals surface area contributed by atoms with Crippen molar-refractivity contribution in [2.75, 3.05) is 24.2 Å². The van der Waals surface area contributed by atoms with Gasteiger partial charge in [-0.15, -0.1) is 0 Å². The molecular formula is C29H34FN3O4S. The lowest BCUT2D eigenvalue weighted by atomic mass is 10.0. The van der Waals surface area contributed by atoms with Gasteiger partial charge in [0.25, 0.3) is 0 Å². The number of para-hydroxylation sites is 1. The Bertz CT molecular complexity index is 1330. The molecular weight excluding hydrogens is 505 g/mol. The summed E-state index contributed by atoms with van der Waals surface area (Å²) in [5, 5.41) is 2.66. The predicted molar refractivity (Wildman–Crippen MR) is 148 cm³/mol. The maximum Gasteiger partial charge on any atom is 0.242 e. The normalized spacial score (nSPS) is 12.0. The quantitative estimate of drug-likeness (QED) is 0.376. The molecule has 3 rings (SSSR count). The molecule has 3 aromatic rings. The maximum atomic E-state index is 13.6. The van der Waals surface area contributed by atoms with Crippen molar-refractivity contribution in [2.45, 2.75) is 38.8 Å². The molecule has 0 aliphatic carbocycles. The summed E-state index contributed by atoms with van der Waals surface area (Å²) in [7, 11) is -2.06. The zero-order valence-corrected chi connectivity index (χ0v) is 22.7. The molecule has 0 saturated heterocycles. The van der Waals surface area contributed by atoms with Crippen LogP contribution in [0.3, 0.4) is 0 Å². The number of rotatable bonds is 12. The fraction of sp³-hybridized carbons (Fsp3) is 0.310. The number of hydrogen-bond acceptors (Lipinski definition) is 4. The van der Waals surface area contributed by atoms with Gasteiger partial charge < -0.3 is 10.2 Å². The molecule has 0 saturated carbocycles. The SMILES string of the molecule is CNC(=O)[C@H](Cc1ccccc1)N(Cc1ccc(F)cc1)C(=O)CCCN(c1ccccc1C)S(C)(=O)=O. The van der Waals surface area contributed by atoms with Gasteiger partial charge in [-0.3, -0.25) is 13.9 Å². The second-order valence-electron chi connectivity index (χ2n) is 9.19. The number of likely N-dealkylation sites (N-methyl/N-ethyl adjacent to an activating group) is 1. The Morgan fingerprint density at radius 3 is 2.16 bits per heavy atom. The number of anilines is 1. The van der Waals surface area contributed by atoms with Crippen molar-refractivity contribution >= 4 is 27.5 Å². The van der Waals surface area contributed by atoms with Gasteiger partial charge >= 0.3 is 0 Å². The van der Waals surface area contributed by atoms with Crippen LogP contribution in [0.5, 0.6) is 0 Å². The average Bonchev–Trinajstić information content (AvgIpc) is 2.89. The first-order valence-corrected chi connectivity index (χ1v) is 14.3. The molecule has 0 spiro atoms. The molecule has 9 heteroatoms. The van der Waals surface area contributed by atoms with Crippen LogP contribution in [-0.4, -0.2) is 51.0 Å². The van der Waals surface area contributed by atoms with E-state index in [0.29, 0.717) is 17.7 Å². The molecule has 0 aliphatic heterocycles. The Balaban J connectivity index is 1.84. The van der Waals surface area contributed by atoms with Crippen molar-refractivity contribution in [1.29, 1.82) is 0 Å². The lowest BCUT2D eigenvalue weighted by Crippen LogP contribution is -2.49. The lowest BCUT2D eigenvalue weighted by molar-refractivity contribution is -0.141. The zero-order chi connectivity index (χ0) is 27.7. The topological polar surface area (TPSA) is 86.8 Å². The Morgan fingerprint density at radius 1 is 0.921 bits per heavy atom. The molecule has 7 nitrogen and oxygen atoms in total. The van der Waals surface area contributed by atoms with Gasteiger partial charge in [-0.05, 0) is 48.2 Å². The number of halogens is 1. The zero-order valence-electron chi connectivity index (χ0n) is 21.9. The van der Waals surface area contributed by atoms with E-state index in [9.17, 15) is 22.4 Å². The highest BCUT2D eigenvalue weighted by molar-refractivity contribution is 7.92. The number of sulfonamides is 1. The van der Waals surface area contributed by atoms with Gasteiger partial charge in [0.1, 0.15) is 11.9 Å². The third-order valence-electron chi connectivity index (χ3n) is 6.32. The highest BCUT2D eigenvalue weighted by atomic mass is 32.2. The summed E-state index contributed by atoms with van der Waals surface area (Å²) < 4.78 is 39.9. The standard InChI is InChI=1S/C29H34FN3O4S/c1-22-10-7-8-13-26(22)33(38(3,36)37)19-9-14-28(34)32(21-24-15-17-25(30)18-16-24)27(29(35)31-2)20-23-11-5-4-6-12-23/h4-8,10-13,15-18,27H,9,14,19-21H2,1-3H3,(H,31,35)/t27-/m0/s1. The Kier molecular flexibility index (Phi) is 10.0. The number of carbonyl (C=O) groups is 2. The van der Waals surface area contributed by atoms with Gasteiger partial charge in [-0.1, -0.05) is 60.7 Å².